The molecule has 1 nitrogen and oxygen atoms in total. The lowest BCUT2D eigenvalue weighted by atomic mass is 9.84. The molecule has 0 aliphatic heterocycles. The van der Waals surface area contributed by atoms with Gasteiger partial charge in [-0.25, -0.2) is 0 Å². The van der Waals surface area contributed by atoms with E-state index in [4.69, 9.17) is 0 Å². The molecule has 0 spiro atoms. The van der Waals surface area contributed by atoms with Crippen LogP contribution in [-0.2, 0) is 0 Å². The average molecular weight is 152 g/mol. The standard InChI is InChI=1S/C10H16O/c1-7(2)9-5-4-8(3)6-10(9)11/h6,9-11H,1,4-5H2,2-3H3/t9-,10?/m1/s1. The van der Waals surface area contributed by atoms with Gasteiger partial charge in [0.15, 0.2) is 0 Å². The van der Waals surface area contributed by atoms with Crippen LogP contribution in [-0.4, -0.2) is 11.2 Å². The summed E-state index contributed by atoms with van der Waals surface area (Å²) in [7, 11) is 0. The fraction of sp³-hybridized carbons (Fsp3) is 0.600. The van der Waals surface area contributed by atoms with E-state index in [0.29, 0.717) is 5.92 Å². The van der Waals surface area contributed by atoms with E-state index in [2.05, 4.69) is 13.5 Å². The summed E-state index contributed by atoms with van der Waals surface area (Å²) in [5.41, 5.74) is 2.40. The Bertz CT molecular complexity index is 191. The molecule has 11 heavy (non-hydrogen) atoms. The quantitative estimate of drug-likeness (QED) is 0.571. The predicted octanol–water partition coefficient (Wildman–Crippen LogP) is 2.28. The van der Waals surface area contributed by atoms with Crippen LogP contribution in [0, 0.1) is 5.92 Å². The van der Waals surface area contributed by atoms with E-state index >= 15 is 0 Å². The van der Waals surface area contributed by atoms with Crippen LogP contribution in [0.5, 0.6) is 0 Å². The number of allylic oxidation sites excluding steroid dienone is 1. The first-order valence-corrected chi connectivity index (χ1v) is 4.12. The Labute approximate surface area is 68.4 Å². The Morgan fingerprint density at radius 2 is 2.36 bits per heavy atom. The maximum Gasteiger partial charge on any atom is 0.0788 e. The van der Waals surface area contributed by atoms with Gasteiger partial charge in [0.05, 0.1) is 6.10 Å². The van der Waals surface area contributed by atoms with Gasteiger partial charge >= 0.3 is 0 Å². The third-order valence-corrected chi connectivity index (χ3v) is 2.35. The Kier molecular flexibility index (Phi) is 2.50. The van der Waals surface area contributed by atoms with Crippen LogP contribution in [0.4, 0.5) is 0 Å². The van der Waals surface area contributed by atoms with Gasteiger partial charge in [0.1, 0.15) is 0 Å². The molecule has 0 aromatic rings. The summed E-state index contributed by atoms with van der Waals surface area (Å²) in [6.45, 7) is 7.92. The topological polar surface area (TPSA) is 20.2 Å². The molecule has 0 saturated heterocycles. The van der Waals surface area contributed by atoms with Gasteiger partial charge in [-0.05, 0) is 26.7 Å². The summed E-state index contributed by atoms with van der Waals surface area (Å²) in [6, 6.07) is 0. The first-order valence-electron chi connectivity index (χ1n) is 4.12. The van der Waals surface area contributed by atoms with Crippen LogP contribution >= 0.6 is 0 Å². The molecule has 0 saturated carbocycles. The van der Waals surface area contributed by atoms with E-state index in [-0.39, 0.29) is 6.10 Å². The van der Waals surface area contributed by atoms with Gasteiger partial charge in [0.2, 0.25) is 0 Å². The van der Waals surface area contributed by atoms with Crippen LogP contribution in [0.15, 0.2) is 23.8 Å². The van der Waals surface area contributed by atoms with Crippen molar-refractivity contribution in [1.82, 2.24) is 0 Å². The molecule has 0 bridgehead atoms. The van der Waals surface area contributed by atoms with Gasteiger partial charge in [0.25, 0.3) is 0 Å². The fourth-order valence-corrected chi connectivity index (χ4v) is 1.58. The van der Waals surface area contributed by atoms with E-state index in [0.717, 1.165) is 18.4 Å². The van der Waals surface area contributed by atoms with E-state index in [9.17, 15) is 5.11 Å². The van der Waals surface area contributed by atoms with Crippen molar-refractivity contribution in [2.24, 2.45) is 5.92 Å². The van der Waals surface area contributed by atoms with E-state index in [1.165, 1.54) is 5.57 Å². The van der Waals surface area contributed by atoms with Crippen LogP contribution in [0.3, 0.4) is 0 Å². The Morgan fingerprint density at radius 3 is 2.82 bits per heavy atom. The van der Waals surface area contributed by atoms with Crippen LogP contribution in [0.1, 0.15) is 26.7 Å². The molecule has 0 aromatic carbocycles. The molecular weight excluding hydrogens is 136 g/mol. The highest BCUT2D eigenvalue weighted by Crippen LogP contribution is 2.27. The van der Waals surface area contributed by atoms with Crippen molar-refractivity contribution < 1.29 is 5.11 Å². The Morgan fingerprint density at radius 1 is 1.73 bits per heavy atom. The van der Waals surface area contributed by atoms with E-state index < -0.39 is 0 Å². The normalized spacial score (nSPS) is 31.4. The van der Waals surface area contributed by atoms with Gasteiger partial charge in [-0.15, -0.1) is 0 Å². The van der Waals surface area contributed by atoms with E-state index in [1.54, 1.807) is 0 Å². The van der Waals surface area contributed by atoms with Gasteiger partial charge in [-0.3, -0.25) is 0 Å². The van der Waals surface area contributed by atoms with Gasteiger partial charge < -0.3 is 5.11 Å². The molecule has 1 aliphatic carbocycles. The van der Waals surface area contributed by atoms with Crippen molar-refractivity contribution >= 4 is 0 Å². The number of rotatable bonds is 1. The first-order chi connectivity index (χ1) is 5.11. The maximum atomic E-state index is 9.57. The lowest BCUT2D eigenvalue weighted by molar-refractivity contribution is 0.157. The molecule has 1 rings (SSSR count). The van der Waals surface area contributed by atoms with Crippen molar-refractivity contribution in [3.63, 3.8) is 0 Å². The van der Waals surface area contributed by atoms with Gasteiger partial charge in [-0.2, -0.15) is 0 Å². The van der Waals surface area contributed by atoms with Crippen LogP contribution in [0.25, 0.3) is 0 Å². The minimum atomic E-state index is -0.291. The summed E-state index contributed by atoms with van der Waals surface area (Å²) < 4.78 is 0. The van der Waals surface area contributed by atoms with Crippen LogP contribution < -0.4 is 0 Å². The minimum absolute atomic E-state index is 0.290. The molecule has 0 heterocycles. The van der Waals surface area contributed by atoms with Gasteiger partial charge in [-0.1, -0.05) is 23.8 Å². The number of aliphatic hydroxyl groups excluding tert-OH is 1. The Balaban J connectivity index is 2.68. The lowest BCUT2D eigenvalue weighted by Crippen LogP contribution is -2.22. The summed E-state index contributed by atoms with van der Waals surface area (Å²) in [5.74, 6) is 0.290. The van der Waals surface area contributed by atoms with E-state index in [1.807, 2.05) is 13.0 Å². The largest absolute Gasteiger partial charge is 0.388 e. The molecule has 0 aromatic heterocycles. The summed E-state index contributed by atoms with van der Waals surface area (Å²) in [4.78, 5) is 0. The highest BCUT2D eigenvalue weighted by molar-refractivity contribution is 5.14. The Hall–Kier alpha value is -0.560. The molecule has 1 heteroatoms. The smallest absolute Gasteiger partial charge is 0.0788 e. The second-order valence-corrected chi connectivity index (χ2v) is 3.50. The third-order valence-electron chi connectivity index (χ3n) is 2.35. The highest BCUT2D eigenvalue weighted by atomic mass is 16.3. The molecule has 2 atom stereocenters. The average Bonchev–Trinajstić information content (AvgIpc) is 1.85. The summed E-state index contributed by atoms with van der Waals surface area (Å²) in [5, 5.41) is 9.57. The SMILES string of the molecule is C=C(C)[C@H]1CCC(C)=CC1O. The number of hydrogen-bond acceptors (Lipinski definition) is 1. The van der Waals surface area contributed by atoms with Gasteiger partial charge in [0, 0.05) is 5.92 Å². The second kappa shape index (κ2) is 3.22. The zero-order valence-corrected chi connectivity index (χ0v) is 7.30. The predicted molar refractivity (Wildman–Crippen MR) is 47.3 cm³/mol. The number of aliphatic hydroxyl groups is 1. The molecule has 0 radical (unpaired) electrons. The number of hydrogen-bond donors (Lipinski definition) is 1. The van der Waals surface area contributed by atoms with Crippen molar-refractivity contribution in [1.29, 1.82) is 0 Å². The van der Waals surface area contributed by atoms with Crippen molar-refractivity contribution in [3.8, 4) is 0 Å². The highest BCUT2D eigenvalue weighted by Gasteiger charge is 2.21. The van der Waals surface area contributed by atoms with Crippen molar-refractivity contribution in [2.45, 2.75) is 32.8 Å². The summed E-state index contributed by atoms with van der Waals surface area (Å²) in [6.07, 6.45) is 3.82. The molecule has 1 unspecified atom stereocenters. The molecule has 62 valence electrons. The fourth-order valence-electron chi connectivity index (χ4n) is 1.58. The molecule has 1 aliphatic rings. The molecular formula is C10H16O. The monoisotopic (exact) mass is 152 g/mol. The maximum absolute atomic E-state index is 9.57. The molecule has 0 fully saturated rings. The van der Waals surface area contributed by atoms with Crippen molar-refractivity contribution in [2.75, 3.05) is 0 Å². The second-order valence-electron chi connectivity index (χ2n) is 3.50. The molecule has 0 amide bonds. The first kappa shape index (κ1) is 8.54. The zero-order chi connectivity index (χ0) is 8.43. The van der Waals surface area contributed by atoms with Crippen molar-refractivity contribution in [3.05, 3.63) is 23.8 Å². The summed E-state index contributed by atoms with van der Waals surface area (Å²) >= 11 is 0. The molecule has 1 N–H and O–H groups in total. The lowest BCUT2D eigenvalue weighted by Gasteiger charge is -2.25. The van der Waals surface area contributed by atoms with Crippen LogP contribution in [0.2, 0.25) is 0 Å². The zero-order valence-electron chi connectivity index (χ0n) is 7.30. The third kappa shape index (κ3) is 1.93. The minimum Gasteiger partial charge on any atom is -0.388 e.